The first-order chi connectivity index (χ1) is 15.5. The van der Waals surface area contributed by atoms with Gasteiger partial charge >= 0.3 is 0 Å². The second kappa shape index (κ2) is 10.2. The summed E-state index contributed by atoms with van der Waals surface area (Å²) in [6, 6.07) is 9.34. The second-order valence-electron chi connectivity index (χ2n) is 8.04. The molecule has 32 heavy (non-hydrogen) atoms. The van der Waals surface area contributed by atoms with E-state index in [0.29, 0.717) is 28.0 Å². The molecule has 1 aromatic heterocycles. The Morgan fingerprint density at radius 1 is 1.25 bits per heavy atom. The Morgan fingerprint density at radius 3 is 2.78 bits per heavy atom. The fourth-order valence-electron chi connectivity index (χ4n) is 4.03. The summed E-state index contributed by atoms with van der Waals surface area (Å²) in [5.74, 6) is 0.352. The minimum atomic E-state index is -0.153. The Hall–Kier alpha value is -2.19. The third-order valence-electron chi connectivity index (χ3n) is 5.64. The number of anilines is 1. The van der Waals surface area contributed by atoms with Crippen molar-refractivity contribution in [3.63, 3.8) is 0 Å². The number of halogens is 1. The molecule has 1 fully saturated rings. The lowest BCUT2D eigenvalue weighted by Crippen LogP contribution is -2.39. The quantitative estimate of drug-likeness (QED) is 0.486. The van der Waals surface area contributed by atoms with Crippen LogP contribution in [0.15, 0.2) is 30.3 Å². The molecular formula is C24H28ClN3O3S. The summed E-state index contributed by atoms with van der Waals surface area (Å²) in [5.41, 5.74) is 3.70. The zero-order chi connectivity index (χ0) is 22.7. The molecule has 0 radical (unpaired) electrons. The van der Waals surface area contributed by atoms with Crippen LogP contribution in [-0.4, -0.2) is 62.3 Å². The summed E-state index contributed by atoms with van der Waals surface area (Å²) >= 11 is 7.77. The van der Waals surface area contributed by atoms with Gasteiger partial charge in [-0.2, -0.15) is 0 Å². The number of amides is 1. The first-order valence-corrected chi connectivity index (χ1v) is 12.0. The highest BCUT2D eigenvalue weighted by Gasteiger charge is 2.25. The lowest BCUT2D eigenvalue weighted by atomic mass is 10.1. The molecule has 1 aliphatic rings. The fourth-order valence-corrected chi connectivity index (χ4v) is 5.25. The van der Waals surface area contributed by atoms with Gasteiger partial charge in [-0.15, -0.1) is 0 Å². The number of aromatic nitrogens is 1. The molecule has 2 heterocycles. The van der Waals surface area contributed by atoms with Gasteiger partial charge in [0.25, 0.3) is 5.91 Å². The van der Waals surface area contributed by atoms with E-state index < -0.39 is 0 Å². The van der Waals surface area contributed by atoms with Crippen LogP contribution >= 0.6 is 22.9 Å². The molecule has 0 unspecified atom stereocenters. The summed E-state index contributed by atoms with van der Waals surface area (Å²) in [6.07, 6.45) is 0.836. The van der Waals surface area contributed by atoms with Crippen molar-refractivity contribution in [1.82, 2.24) is 9.88 Å². The zero-order valence-electron chi connectivity index (χ0n) is 18.7. The molecule has 0 bridgehead atoms. The van der Waals surface area contributed by atoms with Crippen LogP contribution in [0.4, 0.5) is 5.13 Å². The number of aryl methyl sites for hydroxylation is 2. The molecule has 0 atom stereocenters. The second-order valence-corrected chi connectivity index (χ2v) is 9.45. The number of morpholine rings is 1. The highest BCUT2D eigenvalue weighted by Crippen LogP contribution is 2.34. The number of methoxy groups -OCH3 is 1. The predicted octanol–water partition coefficient (Wildman–Crippen LogP) is 4.94. The summed E-state index contributed by atoms with van der Waals surface area (Å²) in [6.45, 7) is 8.99. The average Bonchev–Trinajstić information content (AvgIpc) is 3.21. The van der Waals surface area contributed by atoms with Crippen molar-refractivity contribution in [2.75, 3.05) is 51.4 Å². The minimum absolute atomic E-state index is 0.153. The zero-order valence-corrected chi connectivity index (χ0v) is 20.3. The molecule has 1 amide bonds. The van der Waals surface area contributed by atoms with Gasteiger partial charge in [-0.3, -0.25) is 14.6 Å². The molecule has 1 aliphatic heterocycles. The predicted molar refractivity (Wildman–Crippen MR) is 131 cm³/mol. The lowest BCUT2D eigenvalue weighted by molar-refractivity contribution is 0.0376. The van der Waals surface area contributed by atoms with Crippen molar-refractivity contribution in [3.8, 4) is 5.75 Å². The van der Waals surface area contributed by atoms with E-state index in [1.54, 1.807) is 41.5 Å². The van der Waals surface area contributed by atoms with Gasteiger partial charge in [0.15, 0.2) is 5.13 Å². The molecular weight excluding hydrogens is 446 g/mol. The number of fused-ring (bicyclic) bond motifs is 1. The SMILES string of the molecule is COc1ccc(Cl)cc1C(=O)N(CCCN1CCOCC1)c1nc2cc(C)cc(C)c2s1. The monoisotopic (exact) mass is 473 g/mol. The van der Waals surface area contributed by atoms with E-state index in [4.69, 9.17) is 26.1 Å². The normalized spacial score (nSPS) is 14.6. The maximum absolute atomic E-state index is 13.7. The molecule has 0 aliphatic carbocycles. The maximum Gasteiger partial charge on any atom is 0.263 e. The molecule has 4 rings (SSSR count). The number of hydrogen-bond donors (Lipinski definition) is 0. The molecule has 3 aromatic rings. The molecule has 0 saturated carbocycles. The van der Waals surface area contributed by atoms with Crippen LogP contribution in [0.5, 0.6) is 5.75 Å². The van der Waals surface area contributed by atoms with E-state index in [1.807, 2.05) is 0 Å². The van der Waals surface area contributed by atoms with Crippen molar-refractivity contribution in [1.29, 1.82) is 0 Å². The maximum atomic E-state index is 13.7. The van der Waals surface area contributed by atoms with Gasteiger partial charge in [0.05, 0.1) is 36.1 Å². The third-order valence-corrected chi connectivity index (χ3v) is 7.10. The van der Waals surface area contributed by atoms with Crippen LogP contribution in [0.2, 0.25) is 5.02 Å². The van der Waals surface area contributed by atoms with Crippen LogP contribution in [0.1, 0.15) is 27.9 Å². The van der Waals surface area contributed by atoms with E-state index in [9.17, 15) is 4.79 Å². The number of rotatable bonds is 7. The van der Waals surface area contributed by atoms with Gasteiger partial charge in [0.1, 0.15) is 5.75 Å². The third kappa shape index (κ3) is 5.07. The Morgan fingerprint density at radius 2 is 2.03 bits per heavy atom. The van der Waals surface area contributed by atoms with Gasteiger partial charge in [0.2, 0.25) is 0 Å². The van der Waals surface area contributed by atoms with Crippen LogP contribution in [0, 0.1) is 13.8 Å². The van der Waals surface area contributed by atoms with Crippen molar-refractivity contribution in [3.05, 3.63) is 52.0 Å². The van der Waals surface area contributed by atoms with E-state index in [-0.39, 0.29) is 5.91 Å². The topological polar surface area (TPSA) is 54.9 Å². The van der Waals surface area contributed by atoms with Gasteiger partial charge in [-0.1, -0.05) is 29.0 Å². The highest BCUT2D eigenvalue weighted by atomic mass is 35.5. The fraction of sp³-hybridized carbons (Fsp3) is 0.417. The first-order valence-electron chi connectivity index (χ1n) is 10.8. The number of nitrogens with zero attached hydrogens (tertiary/aromatic N) is 3. The standard InChI is InChI=1S/C24H28ClN3O3S/c1-16-13-17(2)22-20(14-16)26-24(32-22)28(8-4-7-27-9-11-31-12-10-27)23(29)19-15-18(25)5-6-21(19)30-3/h5-6,13-15H,4,7-12H2,1-3H3. The van der Waals surface area contributed by atoms with Crippen molar-refractivity contribution in [2.24, 2.45) is 0 Å². The Kier molecular flexibility index (Phi) is 7.30. The number of carbonyl (C=O) groups is 1. The van der Waals surface area contributed by atoms with E-state index in [2.05, 4.69) is 30.9 Å². The summed E-state index contributed by atoms with van der Waals surface area (Å²) in [5, 5.41) is 1.20. The van der Waals surface area contributed by atoms with E-state index in [1.165, 1.54) is 5.56 Å². The van der Waals surface area contributed by atoms with E-state index >= 15 is 0 Å². The molecule has 0 N–H and O–H groups in total. The van der Waals surface area contributed by atoms with Crippen LogP contribution in [0.3, 0.4) is 0 Å². The van der Waals surface area contributed by atoms with Gasteiger partial charge in [0, 0.05) is 31.2 Å². The number of hydrogen-bond acceptors (Lipinski definition) is 6. The van der Waals surface area contributed by atoms with Crippen LogP contribution in [-0.2, 0) is 4.74 Å². The van der Waals surface area contributed by atoms with Crippen molar-refractivity contribution < 1.29 is 14.3 Å². The number of carbonyl (C=O) groups excluding carboxylic acids is 1. The van der Waals surface area contributed by atoms with Gasteiger partial charge < -0.3 is 9.47 Å². The summed E-state index contributed by atoms with van der Waals surface area (Å²) in [7, 11) is 1.56. The average molecular weight is 474 g/mol. The first kappa shape index (κ1) is 23.0. The summed E-state index contributed by atoms with van der Waals surface area (Å²) in [4.78, 5) is 22.7. The molecule has 170 valence electrons. The summed E-state index contributed by atoms with van der Waals surface area (Å²) < 4.78 is 12.0. The van der Waals surface area contributed by atoms with Crippen LogP contribution in [0.25, 0.3) is 10.2 Å². The molecule has 2 aromatic carbocycles. The minimum Gasteiger partial charge on any atom is -0.496 e. The number of thiazole rings is 1. The van der Waals surface area contributed by atoms with Crippen LogP contribution < -0.4 is 9.64 Å². The number of benzene rings is 2. The highest BCUT2D eigenvalue weighted by molar-refractivity contribution is 7.22. The molecule has 0 spiro atoms. The van der Waals surface area contributed by atoms with E-state index in [0.717, 1.165) is 55.0 Å². The van der Waals surface area contributed by atoms with Crippen molar-refractivity contribution >= 4 is 44.2 Å². The van der Waals surface area contributed by atoms with Gasteiger partial charge in [-0.25, -0.2) is 4.98 Å². The Bertz CT molecular complexity index is 1110. The number of ether oxygens (including phenoxy) is 2. The Balaban J connectivity index is 1.65. The Labute approximate surface area is 197 Å². The van der Waals surface area contributed by atoms with Gasteiger partial charge in [-0.05, 0) is 55.7 Å². The lowest BCUT2D eigenvalue weighted by Gasteiger charge is -2.28. The van der Waals surface area contributed by atoms with Crippen molar-refractivity contribution in [2.45, 2.75) is 20.3 Å². The molecule has 6 nitrogen and oxygen atoms in total. The molecule has 8 heteroatoms. The smallest absolute Gasteiger partial charge is 0.263 e. The molecule has 1 saturated heterocycles. The largest absolute Gasteiger partial charge is 0.496 e.